The summed E-state index contributed by atoms with van der Waals surface area (Å²) in [4.78, 5) is 4.06. The van der Waals surface area contributed by atoms with Crippen LogP contribution in [0.25, 0.3) is 0 Å². The molecule has 1 aromatic heterocycles. The average molecular weight is 254 g/mol. The maximum Gasteiger partial charge on any atom is 0.213 e. The van der Waals surface area contributed by atoms with Crippen LogP contribution in [0.5, 0.6) is 5.88 Å². The van der Waals surface area contributed by atoms with Crippen molar-refractivity contribution in [3.63, 3.8) is 0 Å². The summed E-state index contributed by atoms with van der Waals surface area (Å²) in [7, 11) is 3.32. The van der Waals surface area contributed by atoms with Crippen LogP contribution in [0.2, 0.25) is 0 Å². The third-order valence-electron chi connectivity index (χ3n) is 2.40. The fourth-order valence-electron chi connectivity index (χ4n) is 1.46. The maximum atomic E-state index is 5.44. The summed E-state index contributed by atoms with van der Waals surface area (Å²) in [6, 6.07) is 3.89. The number of nitrogens with one attached hydrogen (secondary N) is 1. The van der Waals surface area contributed by atoms with Gasteiger partial charge < -0.3 is 19.5 Å². The molecular formula is C13H22N2O3. The molecule has 0 bridgehead atoms. The number of hydrogen-bond acceptors (Lipinski definition) is 5. The first-order valence-corrected chi connectivity index (χ1v) is 6.13. The molecule has 0 fully saturated rings. The summed E-state index contributed by atoms with van der Waals surface area (Å²) in [5, 5.41) is 3.30. The predicted molar refractivity (Wildman–Crippen MR) is 69.8 cm³/mol. The first-order chi connectivity index (χ1) is 8.86. The van der Waals surface area contributed by atoms with Gasteiger partial charge in [-0.15, -0.1) is 0 Å². The fraction of sp³-hybridized carbons (Fsp3) is 0.615. The number of nitrogens with zero attached hydrogens (tertiary/aromatic N) is 1. The van der Waals surface area contributed by atoms with E-state index in [4.69, 9.17) is 14.2 Å². The van der Waals surface area contributed by atoms with Crippen LogP contribution < -0.4 is 10.1 Å². The smallest absolute Gasteiger partial charge is 0.213 e. The minimum atomic E-state index is 0.644. The average Bonchev–Trinajstić information content (AvgIpc) is 2.42. The second-order valence-electron chi connectivity index (χ2n) is 3.84. The summed E-state index contributed by atoms with van der Waals surface area (Å²) in [6.45, 7) is 3.84. The lowest BCUT2D eigenvalue weighted by atomic mass is 10.2. The van der Waals surface area contributed by atoms with Crippen LogP contribution in [0.15, 0.2) is 18.3 Å². The van der Waals surface area contributed by atoms with E-state index in [1.54, 1.807) is 20.4 Å². The molecule has 0 aliphatic rings. The molecule has 0 radical (unpaired) electrons. The number of ether oxygens (including phenoxy) is 3. The number of methoxy groups -OCH3 is 2. The van der Waals surface area contributed by atoms with Crippen LogP contribution in [0, 0.1) is 0 Å². The van der Waals surface area contributed by atoms with Gasteiger partial charge in [0.2, 0.25) is 5.88 Å². The lowest BCUT2D eigenvalue weighted by Gasteiger charge is -2.07. The highest BCUT2D eigenvalue weighted by Gasteiger charge is 1.96. The molecule has 1 N–H and O–H groups in total. The van der Waals surface area contributed by atoms with Gasteiger partial charge in [-0.05, 0) is 18.1 Å². The predicted octanol–water partition coefficient (Wildman–Crippen LogP) is 1.23. The normalized spacial score (nSPS) is 10.6. The Morgan fingerprint density at radius 3 is 2.89 bits per heavy atom. The van der Waals surface area contributed by atoms with Gasteiger partial charge in [0.15, 0.2) is 0 Å². The lowest BCUT2D eigenvalue weighted by molar-refractivity contribution is 0.104. The second kappa shape index (κ2) is 9.82. The molecule has 5 nitrogen and oxygen atoms in total. The van der Waals surface area contributed by atoms with Crippen LogP contribution in [0.1, 0.15) is 12.0 Å². The summed E-state index contributed by atoms with van der Waals surface area (Å²) in [5.74, 6) is 0.644. The zero-order chi connectivity index (χ0) is 13.1. The second-order valence-corrected chi connectivity index (χ2v) is 3.84. The zero-order valence-electron chi connectivity index (χ0n) is 11.1. The molecule has 0 saturated heterocycles. The minimum absolute atomic E-state index is 0.644. The van der Waals surface area contributed by atoms with Crippen LogP contribution in [-0.4, -0.2) is 45.6 Å². The summed E-state index contributed by atoms with van der Waals surface area (Å²) >= 11 is 0. The van der Waals surface area contributed by atoms with Gasteiger partial charge in [0.05, 0.1) is 13.7 Å². The van der Waals surface area contributed by atoms with Gasteiger partial charge in [-0.25, -0.2) is 4.98 Å². The topological polar surface area (TPSA) is 52.6 Å². The molecule has 0 spiro atoms. The Bertz CT molecular complexity index is 321. The summed E-state index contributed by atoms with van der Waals surface area (Å²) in [5.41, 5.74) is 1.15. The molecule has 18 heavy (non-hydrogen) atoms. The van der Waals surface area contributed by atoms with E-state index in [1.165, 1.54) is 0 Å². The highest BCUT2D eigenvalue weighted by molar-refractivity contribution is 5.20. The molecule has 5 heteroatoms. The van der Waals surface area contributed by atoms with E-state index >= 15 is 0 Å². The number of hydrogen-bond donors (Lipinski definition) is 1. The van der Waals surface area contributed by atoms with E-state index in [1.807, 2.05) is 12.1 Å². The Morgan fingerprint density at radius 2 is 2.11 bits per heavy atom. The van der Waals surface area contributed by atoms with Crippen LogP contribution >= 0.6 is 0 Å². The van der Waals surface area contributed by atoms with Gasteiger partial charge in [-0.2, -0.15) is 0 Å². The Kier molecular flexibility index (Phi) is 8.12. The standard InChI is InChI=1S/C13H22N2O3/c1-16-7-3-8-18-9-6-14-11-12-4-5-15-13(10-12)17-2/h4-5,10,14H,3,6-9,11H2,1-2H3. The van der Waals surface area contributed by atoms with Crippen molar-refractivity contribution in [1.82, 2.24) is 10.3 Å². The molecule has 1 heterocycles. The Morgan fingerprint density at radius 1 is 1.22 bits per heavy atom. The molecule has 0 aliphatic carbocycles. The van der Waals surface area contributed by atoms with E-state index in [-0.39, 0.29) is 0 Å². The first-order valence-electron chi connectivity index (χ1n) is 6.13. The summed E-state index contributed by atoms with van der Waals surface area (Å²) in [6.07, 6.45) is 2.69. The van der Waals surface area contributed by atoms with Gasteiger partial charge >= 0.3 is 0 Å². The molecular weight excluding hydrogens is 232 g/mol. The molecule has 1 aromatic rings. The number of rotatable bonds is 10. The zero-order valence-corrected chi connectivity index (χ0v) is 11.1. The Labute approximate surface area is 108 Å². The molecule has 0 aliphatic heterocycles. The largest absolute Gasteiger partial charge is 0.481 e. The monoisotopic (exact) mass is 254 g/mol. The SMILES string of the molecule is COCCCOCCNCc1ccnc(OC)c1. The van der Waals surface area contributed by atoms with Crippen molar-refractivity contribution in [1.29, 1.82) is 0 Å². The van der Waals surface area contributed by atoms with E-state index in [9.17, 15) is 0 Å². The van der Waals surface area contributed by atoms with E-state index in [0.29, 0.717) is 12.5 Å². The van der Waals surface area contributed by atoms with E-state index in [0.717, 1.165) is 38.3 Å². The van der Waals surface area contributed by atoms with Crippen molar-refractivity contribution in [2.45, 2.75) is 13.0 Å². The van der Waals surface area contributed by atoms with Crippen molar-refractivity contribution in [3.8, 4) is 5.88 Å². The van der Waals surface area contributed by atoms with Crippen LogP contribution in [-0.2, 0) is 16.0 Å². The molecule has 0 unspecified atom stereocenters. The van der Waals surface area contributed by atoms with Gasteiger partial charge in [0.25, 0.3) is 0 Å². The van der Waals surface area contributed by atoms with Crippen LogP contribution in [0.4, 0.5) is 0 Å². The van der Waals surface area contributed by atoms with Crippen molar-refractivity contribution in [3.05, 3.63) is 23.9 Å². The quantitative estimate of drug-likeness (QED) is 0.637. The molecule has 0 atom stereocenters. The van der Waals surface area contributed by atoms with Crippen molar-refractivity contribution in [2.24, 2.45) is 0 Å². The molecule has 0 aromatic carbocycles. The molecule has 0 saturated carbocycles. The Balaban J connectivity index is 2.03. The highest BCUT2D eigenvalue weighted by Crippen LogP contribution is 2.07. The third kappa shape index (κ3) is 6.54. The maximum absolute atomic E-state index is 5.44. The van der Waals surface area contributed by atoms with Gasteiger partial charge in [-0.1, -0.05) is 0 Å². The van der Waals surface area contributed by atoms with Crippen molar-refractivity contribution >= 4 is 0 Å². The molecule has 102 valence electrons. The lowest BCUT2D eigenvalue weighted by Crippen LogP contribution is -2.19. The molecule has 0 amide bonds. The van der Waals surface area contributed by atoms with Crippen molar-refractivity contribution < 1.29 is 14.2 Å². The first kappa shape index (κ1) is 14.9. The van der Waals surface area contributed by atoms with Gasteiger partial charge in [0, 0.05) is 45.7 Å². The number of pyridine rings is 1. The van der Waals surface area contributed by atoms with E-state index < -0.39 is 0 Å². The Hall–Kier alpha value is -1.17. The van der Waals surface area contributed by atoms with Gasteiger partial charge in [-0.3, -0.25) is 0 Å². The van der Waals surface area contributed by atoms with Crippen LogP contribution in [0.3, 0.4) is 0 Å². The highest BCUT2D eigenvalue weighted by atomic mass is 16.5. The minimum Gasteiger partial charge on any atom is -0.481 e. The number of aromatic nitrogens is 1. The van der Waals surface area contributed by atoms with Gasteiger partial charge in [0.1, 0.15) is 0 Å². The molecule has 1 rings (SSSR count). The van der Waals surface area contributed by atoms with E-state index in [2.05, 4.69) is 10.3 Å². The summed E-state index contributed by atoms with van der Waals surface area (Å²) < 4.78 is 15.4. The third-order valence-corrected chi connectivity index (χ3v) is 2.40. The fourth-order valence-corrected chi connectivity index (χ4v) is 1.46. The van der Waals surface area contributed by atoms with Crippen molar-refractivity contribution in [2.75, 3.05) is 40.6 Å².